The lowest BCUT2D eigenvalue weighted by Crippen LogP contribution is -2.35. The summed E-state index contributed by atoms with van der Waals surface area (Å²) in [5.74, 6) is 0.136. The first-order valence-corrected chi connectivity index (χ1v) is 12.8. The van der Waals surface area contributed by atoms with Crippen LogP contribution in [-0.4, -0.2) is 52.5 Å². The van der Waals surface area contributed by atoms with E-state index in [2.05, 4.69) is 9.62 Å². The lowest BCUT2D eigenvalue weighted by Gasteiger charge is -2.24. The topological polar surface area (TPSA) is 79.0 Å². The monoisotopic (exact) mass is 497 g/mol. The molecule has 0 radical (unpaired) electrons. The molecule has 3 aromatic carbocycles. The first kappa shape index (κ1) is 24.5. The highest BCUT2D eigenvalue weighted by molar-refractivity contribution is 7.92. The predicted octanol–water partition coefficient (Wildman–Crippen LogP) is 4.30. The summed E-state index contributed by atoms with van der Waals surface area (Å²) in [4.78, 5) is 17.4. The summed E-state index contributed by atoms with van der Waals surface area (Å²) in [7, 11) is -2.32. The zero-order valence-corrected chi connectivity index (χ0v) is 20.5. The smallest absolute Gasteiger partial charge is 0.261 e. The first-order chi connectivity index (χ1) is 16.8. The second-order valence-electron chi connectivity index (χ2n) is 8.42. The van der Waals surface area contributed by atoms with Gasteiger partial charge in [-0.2, -0.15) is 0 Å². The van der Waals surface area contributed by atoms with Crippen LogP contribution in [0.1, 0.15) is 22.3 Å². The molecule has 9 heteroatoms. The van der Waals surface area contributed by atoms with Crippen LogP contribution in [0.15, 0.2) is 71.6 Å². The molecule has 1 aliphatic rings. The Bertz CT molecular complexity index is 1300. The SMILES string of the molecule is COc1ccc(N2CCCN(C(=O)c3cc(S(=O)(=O)Nc4ccc(F)cc4)ccc3C)CC2)cc1. The van der Waals surface area contributed by atoms with Crippen molar-refractivity contribution in [1.82, 2.24) is 4.90 Å². The van der Waals surface area contributed by atoms with Crippen molar-refractivity contribution in [2.45, 2.75) is 18.2 Å². The lowest BCUT2D eigenvalue weighted by atomic mass is 10.1. The lowest BCUT2D eigenvalue weighted by molar-refractivity contribution is 0.0766. The molecule has 0 bridgehead atoms. The molecular weight excluding hydrogens is 469 g/mol. The highest BCUT2D eigenvalue weighted by atomic mass is 32.2. The van der Waals surface area contributed by atoms with Crippen molar-refractivity contribution in [1.29, 1.82) is 0 Å². The van der Waals surface area contributed by atoms with E-state index < -0.39 is 15.8 Å². The summed E-state index contributed by atoms with van der Waals surface area (Å²) in [6.45, 7) is 4.37. The van der Waals surface area contributed by atoms with Gasteiger partial charge >= 0.3 is 0 Å². The minimum atomic E-state index is -3.95. The summed E-state index contributed by atoms with van der Waals surface area (Å²) in [6, 6.07) is 17.4. The standard InChI is InChI=1S/C26H28FN3O4S/c1-19-4-13-24(35(32,33)28-21-7-5-20(27)6-8-21)18-25(19)26(31)30-15-3-14-29(16-17-30)22-9-11-23(34-2)12-10-22/h4-13,18,28H,3,14-17H2,1-2H3. The second-order valence-corrected chi connectivity index (χ2v) is 10.1. The molecule has 0 unspecified atom stereocenters. The third-order valence-corrected chi connectivity index (χ3v) is 7.45. The quantitative estimate of drug-likeness (QED) is 0.550. The van der Waals surface area contributed by atoms with Gasteiger partial charge in [0.1, 0.15) is 11.6 Å². The average molecular weight is 498 g/mol. The van der Waals surface area contributed by atoms with Crippen LogP contribution in [0.25, 0.3) is 0 Å². The number of aryl methyl sites for hydroxylation is 1. The molecule has 184 valence electrons. The van der Waals surface area contributed by atoms with Gasteiger partial charge in [-0.15, -0.1) is 0 Å². The van der Waals surface area contributed by atoms with Crippen molar-refractivity contribution in [2.75, 3.05) is 42.9 Å². The Balaban J connectivity index is 1.49. The summed E-state index contributed by atoms with van der Waals surface area (Å²) in [6.07, 6.45) is 0.793. The van der Waals surface area contributed by atoms with Gasteiger partial charge in [0.05, 0.1) is 12.0 Å². The van der Waals surface area contributed by atoms with Crippen molar-refractivity contribution in [3.63, 3.8) is 0 Å². The number of ether oxygens (including phenoxy) is 1. The molecule has 35 heavy (non-hydrogen) atoms. The van der Waals surface area contributed by atoms with E-state index in [1.165, 1.54) is 36.4 Å². The van der Waals surface area contributed by atoms with Gasteiger partial charge in [0.15, 0.2) is 0 Å². The van der Waals surface area contributed by atoms with Gasteiger partial charge in [-0.25, -0.2) is 12.8 Å². The summed E-state index contributed by atoms with van der Waals surface area (Å²) in [5, 5.41) is 0. The molecule has 0 aromatic heterocycles. The number of sulfonamides is 1. The number of rotatable bonds is 6. The van der Waals surface area contributed by atoms with Crippen molar-refractivity contribution < 1.29 is 22.3 Å². The van der Waals surface area contributed by atoms with E-state index in [4.69, 9.17) is 4.74 Å². The Hall–Kier alpha value is -3.59. The van der Waals surface area contributed by atoms with Crippen LogP contribution in [-0.2, 0) is 10.0 Å². The van der Waals surface area contributed by atoms with Crippen LogP contribution >= 0.6 is 0 Å². The number of anilines is 2. The third-order valence-electron chi connectivity index (χ3n) is 6.07. The van der Waals surface area contributed by atoms with Gasteiger partial charge in [-0.05, 0) is 79.6 Å². The van der Waals surface area contributed by atoms with E-state index in [0.717, 1.165) is 24.4 Å². The summed E-state index contributed by atoms with van der Waals surface area (Å²) < 4.78 is 46.6. The molecule has 1 heterocycles. The summed E-state index contributed by atoms with van der Waals surface area (Å²) in [5.41, 5.74) is 2.36. The van der Waals surface area contributed by atoms with E-state index in [1.807, 2.05) is 24.3 Å². The molecule has 0 saturated carbocycles. The maximum absolute atomic E-state index is 13.4. The molecule has 0 atom stereocenters. The van der Waals surface area contributed by atoms with E-state index in [9.17, 15) is 17.6 Å². The van der Waals surface area contributed by atoms with E-state index >= 15 is 0 Å². The van der Waals surface area contributed by atoms with Gasteiger partial charge in [0.2, 0.25) is 0 Å². The van der Waals surface area contributed by atoms with E-state index in [0.29, 0.717) is 30.8 Å². The highest BCUT2D eigenvalue weighted by Gasteiger charge is 2.24. The number of carbonyl (C=O) groups is 1. The van der Waals surface area contributed by atoms with Gasteiger partial charge in [0.25, 0.3) is 15.9 Å². The Morgan fingerprint density at radius 3 is 2.34 bits per heavy atom. The Labute approximate surface area is 205 Å². The number of nitrogens with zero attached hydrogens (tertiary/aromatic N) is 2. The highest BCUT2D eigenvalue weighted by Crippen LogP contribution is 2.23. The van der Waals surface area contributed by atoms with Gasteiger partial charge in [-0.1, -0.05) is 6.07 Å². The minimum Gasteiger partial charge on any atom is -0.497 e. The van der Waals surface area contributed by atoms with Crippen LogP contribution in [0.4, 0.5) is 15.8 Å². The van der Waals surface area contributed by atoms with Crippen LogP contribution in [0.2, 0.25) is 0 Å². The van der Waals surface area contributed by atoms with Gasteiger partial charge < -0.3 is 14.5 Å². The molecule has 0 aliphatic carbocycles. The van der Waals surface area contributed by atoms with Gasteiger partial charge in [0, 0.05) is 43.1 Å². The molecule has 3 aromatic rings. The fourth-order valence-electron chi connectivity index (χ4n) is 4.07. The number of hydrogen-bond acceptors (Lipinski definition) is 5. The zero-order chi connectivity index (χ0) is 25.0. The van der Waals surface area contributed by atoms with E-state index in [1.54, 1.807) is 25.0 Å². The molecule has 1 saturated heterocycles. The molecule has 1 aliphatic heterocycles. The minimum absolute atomic E-state index is 0.0227. The van der Waals surface area contributed by atoms with Crippen LogP contribution in [0.5, 0.6) is 5.75 Å². The number of amides is 1. The summed E-state index contributed by atoms with van der Waals surface area (Å²) >= 11 is 0. The van der Waals surface area contributed by atoms with Crippen molar-refractivity contribution in [2.24, 2.45) is 0 Å². The molecule has 1 N–H and O–H groups in total. The fraction of sp³-hybridized carbons (Fsp3) is 0.269. The average Bonchev–Trinajstić information content (AvgIpc) is 3.11. The Morgan fingerprint density at radius 1 is 0.943 bits per heavy atom. The Morgan fingerprint density at radius 2 is 1.66 bits per heavy atom. The molecule has 1 amide bonds. The first-order valence-electron chi connectivity index (χ1n) is 11.3. The van der Waals surface area contributed by atoms with Gasteiger partial charge in [-0.3, -0.25) is 9.52 Å². The normalized spacial score (nSPS) is 14.4. The Kier molecular flexibility index (Phi) is 7.25. The van der Waals surface area contributed by atoms with Crippen LogP contribution < -0.4 is 14.4 Å². The molecule has 0 spiro atoms. The van der Waals surface area contributed by atoms with Crippen molar-refractivity contribution in [3.05, 3.63) is 83.7 Å². The third kappa shape index (κ3) is 5.74. The van der Waals surface area contributed by atoms with Crippen LogP contribution in [0.3, 0.4) is 0 Å². The number of hydrogen-bond donors (Lipinski definition) is 1. The second kappa shape index (κ2) is 10.4. The molecule has 7 nitrogen and oxygen atoms in total. The van der Waals surface area contributed by atoms with E-state index in [-0.39, 0.29) is 16.5 Å². The number of methoxy groups -OCH3 is 1. The number of halogens is 1. The number of carbonyl (C=O) groups excluding carboxylic acids is 1. The zero-order valence-electron chi connectivity index (χ0n) is 19.7. The largest absolute Gasteiger partial charge is 0.497 e. The molecular formula is C26H28FN3O4S. The fourth-order valence-corrected chi connectivity index (χ4v) is 5.16. The molecule has 4 rings (SSSR count). The molecule has 1 fully saturated rings. The number of nitrogens with one attached hydrogen (secondary N) is 1. The van der Waals surface area contributed by atoms with Crippen molar-refractivity contribution in [3.8, 4) is 5.75 Å². The maximum Gasteiger partial charge on any atom is 0.261 e. The maximum atomic E-state index is 13.4. The number of benzene rings is 3. The van der Waals surface area contributed by atoms with Crippen LogP contribution in [0, 0.1) is 12.7 Å². The van der Waals surface area contributed by atoms with Crippen molar-refractivity contribution >= 4 is 27.3 Å². The predicted molar refractivity (Wildman–Crippen MR) is 134 cm³/mol.